The summed E-state index contributed by atoms with van der Waals surface area (Å²) >= 11 is 0. The van der Waals surface area contributed by atoms with E-state index in [1.807, 2.05) is 19.1 Å². The van der Waals surface area contributed by atoms with Crippen molar-refractivity contribution < 1.29 is 9.21 Å². The van der Waals surface area contributed by atoms with Crippen molar-refractivity contribution in [2.75, 3.05) is 6.54 Å². The summed E-state index contributed by atoms with van der Waals surface area (Å²) in [6, 6.07) is 3.71. The van der Waals surface area contributed by atoms with E-state index in [4.69, 9.17) is 4.42 Å². The Kier molecular flexibility index (Phi) is 4.90. The van der Waals surface area contributed by atoms with Gasteiger partial charge in [0, 0.05) is 32.0 Å². The summed E-state index contributed by atoms with van der Waals surface area (Å²) in [5.74, 6) is 3.43. The average molecular weight is 314 g/mol. The number of carbonyl (C=O) groups is 1. The van der Waals surface area contributed by atoms with Crippen LogP contribution in [0.25, 0.3) is 6.08 Å². The van der Waals surface area contributed by atoms with Crippen LogP contribution < -0.4 is 5.32 Å². The first kappa shape index (κ1) is 15.5. The van der Waals surface area contributed by atoms with Gasteiger partial charge >= 0.3 is 0 Å². The maximum absolute atomic E-state index is 11.8. The van der Waals surface area contributed by atoms with E-state index in [2.05, 4.69) is 20.1 Å². The van der Waals surface area contributed by atoms with Crippen LogP contribution in [-0.4, -0.2) is 27.2 Å². The van der Waals surface area contributed by atoms with Crippen LogP contribution in [0, 0.1) is 6.92 Å². The Hall–Kier alpha value is -2.37. The molecule has 2 aromatic rings. The number of carbonyl (C=O) groups excluding carboxylic acids is 1. The number of furan rings is 1. The molecule has 122 valence electrons. The normalized spacial score (nSPS) is 14.7. The summed E-state index contributed by atoms with van der Waals surface area (Å²) in [5.41, 5.74) is 0. The van der Waals surface area contributed by atoms with Crippen molar-refractivity contribution in [3.05, 3.63) is 41.4 Å². The molecule has 0 aromatic carbocycles. The number of amides is 1. The lowest BCUT2D eigenvalue weighted by molar-refractivity contribution is -0.116. The van der Waals surface area contributed by atoms with Crippen molar-refractivity contribution in [2.24, 2.45) is 0 Å². The predicted octanol–water partition coefficient (Wildman–Crippen LogP) is 2.28. The molecule has 6 heteroatoms. The van der Waals surface area contributed by atoms with Gasteiger partial charge in [0.2, 0.25) is 5.91 Å². The average Bonchev–Trinajstić information content (AvgIpc) is 3.04. The van der Waals surface area contributed by atoms with Crippen molar-refractivity contribution in [3.63, 3.8) is 0 Å². The quantitative estimate of drug-likeness (QED) is 0.859. The number of hydrogen-bond acceptors (Lipinski definition) is 4. The number of nitrogens with zero attached hydrogens (tertiary/aromatic N) is 3. The summed E-state index contributed by atoms with van der Waals surface area (Å²) in [7, 11) is 0. The van der Waals surface area contributed by atoms with Gasteiger partial charge in [-0.2, -0.15) is 0 Å². The number of aryl methyl sites for hydroxylation is 2. The summed E-state index contributed by atoms with van der Waals surface area (Å²) in [4.78, 5) is 11.8. The Balaban J connectivity index is 1.48. The van der Waals surface area contributed by atoms with Crippen molar-refractivity contribution >= 4 is 12.0 Å². The Labute approximate surface area is 135 Å². The highest BCUT2D eigenvalue weighted by Crippen LogP contribution is 2.14. The third-order valence-corrected chi connectivity index (χ3v) is 3.99. The zero-order valence-corrected chi connectivity index (χ0v) is 13.4. The number of nitrogens with one attached hydrogen (secondary N) is 1. The van der Waals surface area contributed by atoms with E-state index < -0.39 is 0 Å². The van der Waals surface area contributed by atoms with E-state index in [0.717, 1.165) is 30.4 Å². The number of aromatic nitrogens is 3. The molecule has 0 saturated heterocycles. The molecule has 0 bridgehead atoms. The van der Waals surface area contributed by atoms with Gasteiger partial charge in [0.15, 0.2) is 0 Å². The molecule has 0 saturated carbocycles. The second kappa shape index (κ2) is 7.26. The second-order valence-electron chi connectivity index (χ2n) is 5.82. The first-order valence-corrected chi connectivity index (χ1v) is 8.16. The van der Waals surface area contributed by atoms with E-state index in [1.54, 1.807) is 6.08 Å². The molecule has 23 heavy (non-hydrogen) atoms. The van der Waals surface area contributed by atoms with E-state index in [0.29, 0.717) is 18.7 Å². The summed E-state index contributed by atoms with van der Waals surface area (Å²) < 4.78 is 7.59. The van der Waals surface area contributed by atoms with Crippen LogP contribution in [0.2, 0.25) is 0 Å². The fraction of sp³-hybridized carbons (Fsp3) is 0.471. The minimum absolute atomic E-state index is 0.130. The fourth-order valence-electron chi connectivity index (χ4n) is 2.79. The Bertz CT molecular complexity index is 699. The molecule has 3 rings (SSSR count). The highest BCUT2D eigenvalue weighted by atomic mass is 16.3. The SMILES string of the molecule is Cc1ccc(/C=C/C(=O)NCCc2nnc3n2CCCCC3)o1. The first-order valence-electron chi connectivity index (χ1n) is 8.16. The molecule has 0 unspecified atom stereocenters. The van der Waals surface area contributed by atoms with Crippen molar-refractivity contribution in [1.82, 2.24) is 20.1 Å². The number of fused-ring (bicyclic) bond motifs is 1. The molecule has 1 aliphatic heterocycles. The van der Waals surface area contributed by atoms with E-state index in [-0.39, 0.29) is 5.91 Å². The topological polar surface area (TPSA) is 73.0 Å². The zero-order chi connectivity index (χ0) is 16.1. The lowest BCUT2D eigenvalue weighted by Crippen LogP contribution is -2.24. The van der Waals surface area contributed by atoms with Gasteiger partial charge in [0.1, 0.15) is 23.2 Å². The Morgan fingerprint density at radius 2 is 2.26 bits per heavy atom. The molecule has 1 amide bonds. The number of rotatable bonds is 5. The predicted molar refractivity (Wildman–Crippen MR) is 86.8 cm³/mol. The van der Waals surface area contributed by atoms with Crippen LogP contribution in [0.3, 0.4) is 0 Å². The Morgan fingerprint density at radius 3 is 3.09 bits per heavy atom. The minimum atomic E-state index is -0.130. The van der Waals surface area contributed by atoms with Gasteiger partial charge in [-0.05, 0) is 38.0 Å². The molecule has 1 aliphatic rings. The van der Waals surface area contributed by atoms with Gasteiger partial charge in [-0.25, -0.2) is 0 Å². The van der Waals surface area contributed by atoms with Gasteiger partial charge in [0.05, 0.1) is 0 Å². The van der Waals surface area contributed by atoms with Crippen molar-refractivity contribution in [1.29, 1.82) is 0 Å². The van der Waals surface area contributed by atoms with Gasteiger partial charge in [-0.3, -0.25) is 4.79 Å². The molecule has 2 aromatic heterocycles. The lowest BCUT2D eigenvalue weighted by Gasteiger charge is -2.07. The lowest BCUT2D eigenvalue weighted by atomic mass is 10.2. The molecule has 0 fully saturated rings. The molecule has 0 spiro atoms. The van der Waals surface area contributed by atoms with Crippen molar-refractivity contribution in [2.45, 2.75) is 45.6 Å². The highest BCUT2D eigenvalue weighted by molar-refractivity contribution is 5.91. The van der Waals surface area contributed by atoms with Gasteiger partial charge in [-0.15, -0.1) is 10.2 Å². The Morgan fingerprint density at radius 1 is 1.35 bits per heavy atom. The maximum atomic E-state index is 11.8. The molecular formula is C17H22N4O2. The van der Waals surface area contributed by atoms with Crippen LogP contribution >= 0.6 is 0 Å². The molecule has 0 radical (unpaired) electrons. The molecule has 0 aliphatic carbocycles. The monoisotopic (exact) mass is 314 g/mol. The van der Waals surface area contributed by atoms with Gasteiger partial charge in [0.25, 0.3) is 0 Å². The molecule has 3 heterocycles. The van der Waals surface area contributed by atoms with Crippen LogP contribution in [0.5, 0.6) is 0 Å². The van der Waals surface area contributed by atoms with Crippen LogP contribution in [0.4, 0.5) is 0 Å². The van der Waals surface area contributed by atoms with Crippen LogP contribution in [-0.2, 0) is 24.2 Å². The standard InChI is InChI=1S/C17H22N4O2/c1-13-6-7-14(23-13)8-9-17(22)18-11-10-16-20-19-15-5-3-2-4-12-21(15)16/h6-9H,2-5,10-12H2,1H3,(H,18,22)/b9-8+. The highest BCUT2D eigenvalue weighted by Gasteiger charge is 2.14. The summed E-state index contributed by atoms with van der Waals surface area (Å²) in [5, 5.41) is 11.4. The second-order valence-corrected chi connectivity index (χ2v) is 5.82. The van der Waals surface area contributed by atoms with Crippen LogP contribution in [0.15, 0.2) is 22.6 Å². The smallest absolute Gasteiger partial charge is 0.244 e. The molecule has 6 nitrogen and oxygen atoms in total. The summed E-state index contributed by atoms with van der Waals surface area (Å²) in [6.07, 6.45) is 8.48. The van der Waals surface area contributed by atoms with Crippen LogP contribution in [0.1, 0.15) is 42.4 Å². The molecule has 0 atom stereocenters. The largest absolute Gasteiger partial charge is 0.462 e. The third-order valence-electron chi connectivity index (χ3n) is 3.99. The van der Waals surface area contributed by atoms with Gasteiger partial charge in [-0.1, -0.05) is 6.42 Å². The fourth-order valence-corrected chi connectivity index (χ4v) is 2.79. The van der Waals surface area contributed by atoms with E-state index in [9.17, 15) is 4.79 Å². The first-order chi connectivity index (χ1) is 11.2. The number of hydrogen-bond donors (Lipinski definition) is 1. The third kappa shape index (κ3) is 4.09. The van der Waals surface area contributed by atoms with Crippen molar-refractivity contribution in [3.8, 4) is 0 Å². The van der Waals surface area contributed by atoms with E-state index >= 15 is 0 Å². The summed E-state index contributed by atoms with van der Waals surface area (Å²) in [6.45, 7) is 3.42. The maximum Gasteiger partial charge on any atom is 0.244 e. The van der Waals surface area contributed by atoms with E-state index in [1.165, 1.54) is 25.3 Å². The van der Waals surface area contributed by atoms with Gasteiger partial charge < -0.3 is 14.3 Å². The minimum Gasteiger partial charge on any atom is -0.462 e. The molecular weight excluding hydrogens is 292 g/mol. The molecule has 1 N–H and O–H groups in total. The zero-order valence-electron chi connectivity index (χ0n) is 13.4.